The molecule has 1 aromatic carbocycles. The molecule has 0 saturated carbocycles. The van der Waals surface area contributed by atoms with E-state index in [1.54, 1.807) is 6.26 Å². The summed E-state index contributed by atoms with van der Waals surface area (Å²) in [6.45, 7) is 1.48. The lowest BCUT2D eigenvalue weighted by molar-refractivity contribution is 0.104. The molecule has 0 spiro atoms. The zero-order chi connectivity index (χ0) is 16.8. The van der Waals surface area contributed by atoms with Crippen molar-refractivity contribution in [3.63, 3.8) is 0 Å². The number of carbonyl (C=O) groups is 1. The van der Waals surface area contributed by atoms with Crippen LogP contribution >= 0.6 is 0 Å². The molecule has 0 saturated heterocycles. The van der Waals surface area contributed by atoms with Crippen LogP contribution in [-0.2, 0) is 17.8 Å². The Bertz CT molecular complexity index is 657. The van der Waals surface area contributed by atoms with Crippen LogP contribution in [0.1, 0.15) is 29.3 Å². The van der Waals surface area contributed by atoms with Gasteiger partial charge in [0.15, 0.2) is 0 Å². The summed E-state index contributed by atoms with van der Waals surface area (Å²) in [5.41, 5.74) is 2.07. The molecule has 2 atom stereocenters. The highest BCUT2D eigenvalue weighted by Crippen LogP contribution is 2.30. The van der Waals surface area contributed by atoms with Gasteiger partial charge in [0.2, 0.25) is 0 Å². The van der Waals surface area contributed by atoms with Gasteiger partial charge in [0.1, 0.15) is 12.4 Å². The molecule has 1 aliphatic rings. The molecule has 1 aromatic heterocycles. The smallest absolute Gasteiger partial charge is 0.315 e. The average Bonchev–Trinajstić information content (AvgIpc) is 3.19. The molecule has 1 aliphatic carbocycles. The number of fused-ring (bicyclic) bond motifs is 1. The Morgan fingerprint density at radius 3 is 3.00 bits per heavy atom. The quantitative estimate of drug-likeness (QED) is 0.679. The lowest BCUT2D eigenvalue weighted by Gasteiger charge is -2.18. The van der Waals surface area contributed by atoms with Crippen LogP contribution in [0.2, 0.25) is 0 Å². The summed E-state index contributed by atoms with van der Waals surface area (Å²) in [7, 11) is 0. The molecule has 0 bridgehead atoms. The topological polar surface area (TPSA) is 83.7 Å². The van der Waals surface area contributed by atoms with Crippen LogP contribution in [0.25, 0.3) is 0 Å². The van der Waals surface area contributed by atoms with Crippen LogP contribution in [0.5, 0.6) is 0 Å². The van der Waals surface area contributed by atoms with Gasteiger partial charge in [0.25, 0.3) is 0 Å². The fourth-order valence-corrected chi connectivity index (χ4v) is 2.88. The van der Waals surface area contributed by atoms with Crippen LogP contribution in [-0.4, -0.2) is 30.4 Å². The van der Waals surface area contributed by atoms with Crippen molar-refractivity contribution in [1.29, 1.82) is 0 Å². The summed E-state index contributed by atoms with van der Waals surface area (Å²) in [4.78, 5) is 12.0. The van der Waals surface area contributed by atoms with Crippen LogP contribution in [0.3, 0.4) is 0 Å². The van der Waals surface area contributed by atoms with E-state index in [2.05, 4.69) is 10.6 Å². The molecular formula is C18H22N2O4. The Morgan fingerprint density at radius 2 is 2.17 bits per heavy atom. The van der Waals surface area contributed by atoms with Gasteiger partial charge in [-0.1, -0.05) is 24.3 Å². The zero-order valence-electron chi connectivity index (χ0n) is 13.4. The number of urea groups is 1. The predicted molar refractivity (Wildman–Crippen MR) is 88.4 cm³/mol. The minimum absolute atomic E-state index is 0.276. The second-order valence-electron chi connectivity index (χ2n) is 5.83. The molecule has 128 valence electrons. The predicted octanol–water partition coefficient (Wildman–Crippen LogP) is 2.14. The molecule has 2 aromatic rings. The summed E-state index contributed by atoms with van der Waals surface area (Å²) < 4.78 is 10.6. The van der Waals surface area contributed by atoms with E-state index in [1.807, 2.05) is 36.4 Å². The second kappa shape index (κ2) is 7.99. The molecule has 6 nitrogen and oxygen atoms in total. The first-order valence-corrected chi connectivity index (χ1v) is 8.14. The van der Waals surface area contributed by atoms with Crippen molar-refractivity contribution >= 4 is 6.03 Å². The molecule has 0 radical (unpaired) electrons. The van der Waals surface area contributed by atoms with E-state index in [9.17, 15) is 9.90 Å². The largest absolute Gasteiger partial charge is 0.467 e. The lowest BCUT2D eigenvalue weighted by atomic mass is 10.1. The van der Waals surface area contributed by atoms with Gasteiger partial charge >= 0.3 is 6.03 Å². The number of ether oxygens (including phenoxy) is 1. The Labute approximate surface area is 140 Å². The zero-order valence-corrected chi connectivity index (χ0v) is 13.4. The van der Waals surface area contributed by atoms with Crippen molar-refractivity contribution in [2.24, 2.45) is 0 Å². The van der Waals surface area contributed by atoms with Crippen molar-refractivity contribution in [3.8, 4) is 0 Å². The number of nitrogens with one attached hydrogen (secondary N) is 2. The maximum absolute atomic E-state index is 12.0. The number of hydrogen-bond donors (Lipinski definition) is 3. The molecule has 3 N–H and O–H groups in total. The van der Waals surface area contributed by atoms with Crippen molar-refractivity contribution in [3.05, 3.63) is 59.5 Å². The maximum Gasteiger partial charge on any atom is 0.315 e. The van der Waals surface area contributed by atoms with Crippen LogP contribution < -0.4 is 10.6 Å². The molecule has 2 amide bonds. The van der Waals surface area contributed by atoms with Gasteiger partial charge in [0.05, 0.1) is 18.4 Å². The molecule has 1 heterocycles. The third kappa shape index (κ3) is 4.15. The van der Waals surface area contributed by atoms with E-state index in [0.29, 0.717) is 32.6 Å². The summed E-state index contributed by atoms with van der Waals surface area (Å²) in [5.74, 6) is 0.787. The average molecular weight is 330 g/mol. The summed E-state index contributed by atoms with van der Waals surface area (Å²) >= 11 is 0. The van der Waals surface area contributed by atoms with Crippen molar-refractivity contribution < 1.29 is 19.1 Å². The molecule has 3 rings (SSSR count). The number of aliphatic hydroxyl groups excluding tert-OH is 1. The van der Waals surface area contributed by atoms with Crippen LogP contribution in [0.4, 0.5) is 4.79 Å². The van der Waals surface area contributed by atoms with Crippen molar-refractivity contribution in [2.75, 3.05) is 13.2 Å². The SMILES string of the molecule is O=C(NCCCOCc1ccco1)NC1c2ccccc2CC1O. The highest BCUT2D eigenvalue weighted by molar-refractivity contribution is 5.74. The number of aliphatic hydroxyl groups is 1. The van der Waals surface area contributed by atoms with Gasteiger partial charge in [-0.2, -0.15) is 0 Å². The molecule has 0 fully saturated rings. The van der Waals surface area contributed by atoms with E-state index in [1.165, 1.54) is 0 Å². The number of carbonyl (C=O) groups excluding carboxylic acids is 1. The van der Waals surface area contributed by atoms with Crippen molar-refractivity contribution in [1.82, 2.24) is 10.6 Å². The Balaban J connectivity index is 1.34. The highest BCUT2D eigenvalue weighted by Gasteiger charge is 2.31. The van der Waals surface area contributed by atoms with Crippen LogP contribution in [0, 0.1) is 0 Å². The van der Waals surface area contributed by atoms with Gasteiger partial charge in [-0.3, -0.25) is 0 Å². The Kier molecular flexibility index (Phi) is 5.51. The third-order valence-corrected chi connectivity index (χ3v) is 4.07. The first-order valence-electron chi connectivity index (χ1n) is 8.14. The molecule has 0 aliphatic heterocycles. The van der Waals surface area contributed by atoms with Crippen molar-refractivity contribution in [2.45, 2.75) is 31.6 Å². The summed E-state index contributed by atoms with van der Waals surface area (Å²) in [5, 5.41) is 15.8. The third-order valence-electron chi connectivity index (χ3n) is 4.07. The van der Waals surface area contributed by atoms with Gasteiger partial charge in [-0.25, -0.2) is 4.79 Å². The number of rotatable bonds is 7. The first-order chi connectivity index (χ1) is 11.7. The number of hydrogen-bond acceptors (Lipinski definition) is 4. The molecule has 6 heteroatoms. The highest BCUT2D eigenvalue weighted by atomic mass is 16.5. The summed E-state index contributed by atoms with van der Waals surface area (Å²) in [6, 6.07) is 10.8. The number of benzene rings is 1. The Morgan fingerprint density at radius 1 is 1.29 bits per heavy atom. The van der Waals surface area contributed by atoms with Crippen LogP contribution in [0.15, 0.2) is 47.1 Å². The Hall–Kier alpha value is -2.31. The van der Waals surface area contributed by atoms with E-state index < -0.39 is 6.10 Å². The van der Waals surface area contributed by atoms with Gasteiger partial charge < -0.3 is 24.9 Å². The van der Waals surface area contributed by atoms with E-state index in [-0.39, 0.29) is 12.1 Å². The van der Waals surface area contributed by atoms with Gasteiger partial charge in [0, 0.05) is 19.6 Å². The number of amides is 2. The van der Waals surface area contributed by atoms with Gasteiger partial charge in [-0.05, 0) is 29.7 Å². The standard InChI is InChI=1S/C18H22N2O4/c21-16-11-13-5-1-2-7-15(13)17(16)20-18(22)19-8-4-9-23-12-14-6-3-10-24-14/h1-3,5-7,10,16-17,21H,4,8-9,11-12H2,(H2,19,20,22). The number of furan rings is 1. The fraction of sp³-hybridized carbons (Fsp3) is 0.389. The van der Waals surface area contributed by atoms with E-state index in [4.69, 9.17) is 9.15 Å². The minimum atomic E-state index is -0.579. The summed E-state index contributed by atoms with van der Waals surface area (Å²) in [6.07, 6.45) is 2.31. The fourth-order valence-electron chi connectivity index (χ4n) is 2.88. The monoisotopic (exact) mass is 330 g/mol. The molecule has 24 heavy (non-hydrogen) atoms. The maximum atomic E-state index is 12.0. The minimum Gasteiger partial charge on any atom is -0.467 e. The first kappa shape index (κ1) is 16.5. The second-order valence-corrected chi connectivity index (χ2v) is 5.83. The van der Waals surface area contributed by atoms with E-state index in [0.717, 1.165) is 16.9 Å². The van der Waals surface area contributed by atoms with E-state index >= 15 is 0 Å². The van der Waals surface area contributed by atoms with Gasteiger partial charge in [-0.15, -0.1) is 0 Å². The molecule has 2 unspecified atom stereocenters. The normalized spacial score (nSPS) is 19.0. The lowest BCUT2D eigenvalue weighted by Crippen LogP contribution is -2.41. The molecular weight excluding hydrogens is 308 g/mol.